The third kappa shape index (κ3) is 3.13. The van der Waals surface area contributed by atoms with Gasteiger partial charge in [-0.1, -0.05) is 11.6 Å². The van der Waals surface area contributed by atoms with Crippen molar-refractivity contribution in [2.24, 2.45) is 0 Å². The SMILES string of the molecule is COC(=O)Cc1cc(O)c([C@@H]2C=C(C)CCC2)c(O)c1. The summed E-state index contributed by atoms with van der Waals surface area (Å²) in [6.45, 7) is 2.06. The van der Waals surface area contributed by atoms with Gasteiger partial charge in [0.1, 0.15) is 11.5 Å². The van der Waals surface area contributed by atoms with E-state index in [0.717, 1.165) is 19.3 Å². The fraction of sp³-hybridized carbons (Fsp3) is 0.438. The Labute approximate surface area is 118 Å². The predicted octanol–water partition coefficient (Wildman–Crippen LogP) is 3.03. The number of phenols is 2. The first-order valence-corrected chi connectivity index (χ1v) is 6.80. The third-order valence-electron chi connectivity index (χ3n) is 3.72. The van der Waals surface area contributed by atoms with Crippen LogP contribution in [0.25, 0.3) is 0 Å². The quantitative estimate of drug-likeness (QED) is 0.658. The van der Waals surface area contributed by atoms with Crippen molar-refractivity contribution in [1.29, 1.82) is 0 Å². The fourth-order valence-electron chi connectivity index (χ4n) is 2.74. The molecule has 0 radical (unpaired) electrons. The van der Waals surface area contributed by atoms with Gasteiger partial charge in [0.05, 0.1) is 13.5 Å². The summed E-state index contributed by atoms with van der Waals surface area (Å²) in [7, 11) is 1.31. The molecule has 1 aromatic carbocycles. The van der Waals surface area contributed by atoms with Crippen LogP contribution in [0.3, 0.4) is 0 Å². The minimum atomic E-state index is -0.398. The zero-order valence-corrected chi connectivity index (χ0v) is 11.8. The second-order valence-electron chi connectivity index (χ2n) is 5.31. The molecule has 4 heteroatoms. The van der Waals surface area contributed by atoms with Crippen LogP contribution in [0.4, 0.5) is 0 Å². The summed E-state index contributed by atoms with van der Waals surface area (Å²) < 4.78 is 4.58. The number of carbonyl (C=O) groups is 1. The van der Waals surface area contributed by atoms with Gasteiger partial charge in [-0.3, -0.25) is 4.79 Å². The number of hydrogen-bond acceptors (Lipinski definition) is 4. The highest BCUT2D eigenvalue weighted by molar-refractivity contribution is 5.73. The van der Waals surface area contributed by atoms with Gasteiger partial charge in [-0.05, 0) is 43.9 Å². The molecule has 0 aromatic heterocycles. The van der Waals surface area contributed by atoms with Crippen molar-refractivity contribution in [2.45, 2.75) is 38.5 Å². The Balaban J connectivity index is 2.31. The molecule has 0 bridgehead atoms. The average molecular weight is 276 g/mol. The molecule has 0 aliphatic heterocycles. The Morgan fingerprint density at radius 3 is 2.55 bits per heavy atom. The first-order valence-electron chi connectivity index (χ1n) is 6.80. The van der Waals surface area contributed by atoms with Crippen molar-refractivity contribution in [3.05, 3.63) is 34.9 Å². The monoisotopic (exact) mass is 276 g/mol. The van der Waals surface area contributed by atoms with Gasteiger partial charge in [-0.15, -0.1) is 0 Å². The van der Waals surface area contributed by atoms with Crippen LogP contribution in [-0.4, -0.2) is 23.3 Å². The van der Waals surface area contributed by atoms with Crippen molar-refractivity contribution in [3.8, 4) is 11.5 Å². The third-order valence-corrected chi connectivity index (χ3v) is 3.72. The van der Waals surface area contributed by atoms with E-state index in [1.54, 1.807) is 0 Å². The van der Waals surface area contributed by atoms with E-state index in [9.17, 15) is 15.0 Å². The number of aromatic hydroxyl groups is 2. The Kier molecular flexibility index (Phi) is 4.32. The molecule has 4 nitrogen and oxygen atoms in total. The Bertz CT molecular complexity index is 522. The zero-order chi connectivity index (χ0) is 14.7. The maximum atomic E-state index is 11.2. The lowest BCUT2D eigenvalue weighted by Crippen LogP contribution is -2.06. The van der Waals surface area contributed by atoms with Gasteiger partial charge in [0.2, 0.25) is 0 Å². The number of rotatable bonds is 3. The number of carbonyl (C=O) groups excluding carboxylic acids is 1. The number of benzene rings is 1. The van der Waals surface area contributed by atoms with E-state index in [1.807, 2.05) is 0 Å². The molecule has 1 aromatic rings. The van der Waals surface area contributed by atoms with Gasteiger partial charge < -0.3 is 14.9 Å². The lowest BCUT2D eigenvalue weighted by atomic mass is 9.84. The van der Waals surface area contributed by atoms with Gasteiger partial charge >= 0.3 is 5.97 Å². The Morgan fingerprint density at radius 2 is 2.00 bits per heavy atom. The molecule has 2 N–H and O–H groups in total. The summed E-state index contributed by atoms with van der Waals surface area (Å²) in [5, 5.41) is 20.3. The lowest BCUT2D eigenvalue weighted by Gasteiger charge is -2.22. The van der Waals surface area contributed by atoms with E-state index < -0.39 is 5.97 Å². The van der Waals surface area contributed by atoms with E-state index in [-0.39, 0.29) is 23.8 Å². The fourth-order valence-corrected chi connectivity index (χ4v) is 2.74. The standard InChI is InChI=1S/C16H20O4/c1-10-4-3-5-12(6-10)16-13(17)7-11(8-14(16)18)9-15(19)20-2/h6-8,12,17-18H,3-5,9H2,1-2H3/t12-/m0/s1. The number of methoxy groups -OCH3 is 1. The van der Waals surface area contributed by atoms with Gasteiger partial charge in [0, 0.05) is 11.5 Å². The first kappa shape index (κ1) is 14.4. The minimum Gasteiger partial charge on any atom is -0.507 e. The smallest absolute Gasteiger partial charge is 0.309 e. The number of ether oxygens (including phenoxy) is 1. The average Bonchev–Trinajstić information content (AvgIpc) is 2.37. The van der Waals surface area contributed by atoms with Crippen LogP contribution >= 0.6 is 0 Å². The van der Waals surface area contributed by atoms with Crippen molar-refractivity contribution < 1.29 is 19.7 Å². The minimum absolute atomic E-state index is 0.0379. The molecule has 0 fully saturated rings. The van der Waals surface area contributed by atoms with Gasteiger partial charge in [-0.25, -0.2) is 0 Å². The van der Waals surface area contributed by atoms with Crippen LogP contribution in [0.15, 0.2) is 23.8 Å². The molecule has 20 heavy (non-hydrogen) atoms. The van der Waals surface area contributed by atoms with E-state index in [0.29, 0.717) is 11.1 Å². The highest BCUT2D eigenvalue weighted by atomic mass is 16.5. The second-order valence-corrected chi connectivity index (χ2v) is 5.31. The summed E-state index contributed by atoms with van der Waals surface area (Å²) in [4.78, 5) is 11.2. The van der Waals surface area contributed by atoms with Crippen molar-refractivity contribution >= 4 is 5.97 Å². The molecule has 2 rings (SSSR count). The maximum absolute atomic E-state index is 11.2. The van der Waals surface area contributed by atoms with Crippen molar-refractivity contribution in [1.82, 2.24) is 0 Å². The molecule has 0 amide bonds. The second kappa shape index (κ2) is 5.99. The molecule has 0 unspecified atom stereocenters. The number of allylic oxidation sites excluding steroid dienone is 2. The van der Waals surface area contributed by atoms with E-state index >= 15 is 0 Å². The van der Waals surface area contributed by atoms with Crippen LogP contribution in [0.2, 0.25) is 0 Å². The lowest BCUT2D eigenvalue weighted by molar-refractivity contribution is -0.139. The Morgan fingerprint density at radius 1 is 1.35 bits per heavy atom. The van der Waals surface area contributed by atoms with Crippen LogP contribution < -0.4 is 0 Å². The molecule has 0 saturated carbocycles. The molecule has 0 heterocycles. The van der Waals surface area contributed by atoms with Crippen LogP contribution in [-0.2, 0) is 16.0 Å². The van der Waals surface area contributed by atoms with Crippen molar-refractivity contribution in [3.63, 3.8) is 0 Å². The molecular weight excluding hydrogens is 256 g/mol. The van der Waals surface area contributed by atoms with Gasteiger partial charge in [-0.2, -0.15) is 0 Å². The zero-order valence-electron chi connectivity index (χ0n) is 11.8. The number of phenolic OH excluding ortho intramolecular Hbond substituents is 2. The molecule has 0 saturated heterocycles. The highest BCUT2D eigenvalue weighted by Gasteiger charge is 2.21. The molecule has 1 atom stereocenters. The summed E-state index contributed by atoms with van der Waals surface area (Å²) >= 11 is 0. The van der Waals surface area contributed by atoms with Crippen molar-refractivity contribution in [2.75, 3.05) is 7.11 Å². The largest absolute Gasteiger partial charge is 0.507 e. The van der Waals surface area contributed by atoms with Crippen LogP contribution in [0, 0.1) is 0 Å². The van der Waals surface area contributed by atoms with Gasteiger partial charge in [0.15, 0.2) is 0 Å². The number of esters is 1. The molecule has 108 valence electrons. The van der Waals surface area contributed by atoms with Crippen LogP contribution in [0.5, 0.6) is 11.5 Å². The predicted molar refractivity (Wildman–Crippen MR) is 75.8 cm³/mol. The molecule has 0 spiro atoms. The normalized spacial score (nSPS) is 18.5. The molecule has 1 aliphatic carbocycles. The van der Waals surface area contributed by atoms with Gasteiger partial charge in [0.25, 0.3) is 0 Å². The highest BCUT2D eigenvalue weighted by Crippen LogP contribution is 2.41. The van der Waals surface area contributed by atoms with Crippen LogP contribution in [0.1, 0.15) is 43.2 Å². The topological polar surface area (TPSA) is 66.8 Å². The Hall–Kier alpha value is -1.97. The van der Waals surface area contributed by atoms with E-state index in [2.05, 4.69) is 17.7 Å². The molecular formula is C16H20O4. The maximum Gasteiger partial charge on any atom is 0.309 e. The number of hydrogen-bond donors (Lipinski definition) is 2. The molecule has 1 aliphatic rings. The van der Waals surface area contributed by atoms with E-state index in [4.69, 9.17) is 0 Å². The first-order chi connectivity index (χ1) is 9.51. The summed E-state index contributed by atoms with van der Waals surface area (Å²) in [5.74, 6) is -0.277. The summed E-state index contributed by atoms with van der Waals surface area (Å²) in [6, 6.07) is 3.06. The summed E-state index contributed by atoms with van der Waals surface area (Å²) in [5.41, 5.74) is 2.38. The van der Waals surface area contributed by atoms with E-state index in [1.165, 1.54) is 24.8 Å². The summed E-state index contributed by atoms with van der Waals surface area (Å²) in [6.07, 6.45) is 5.17.